The van der Waals surface area contributed by atoms with Crippen molar-refractivity contribution in [1.82, 2.24) is 14.8 Å². The van der Waals surface area contributed by atoms with Crippen molar-refractivity contribution in [3.8, 4) is 5.69 Å². The van der Waals surface area contributed by atoms with Crippen molar-refractivity contribution in [2.75, 3.05) is 0 Å². The number of rotatable bonds is 7. The number of hydrogen-bond donors (Lipinski definition) is 0. The molecule has 0 saturated carbocycles. The molecular weight excluding hydrogens is 398 g/mol. The Morgan fingerprint density at radius 1 is 0.828 bits per heavy atom. The summed E-state index contributed by atoms with van der Waals surface area (Å²) in [6, 6.07) is 27.0. The van der Waals surface area contributed by atoms with Crippen molar-refractivity contribution < 1.29 is 0 Å². The third-order valence-corrected chi connectivity index (χ3v) is 6.00. The van der Waals surface area contributed by atoms with Gasteiger partial charge < -0.3 is 0 Å². The van der Waals surface area contributed by atoms with E-state index in [1.165, 1.54) is 16.7 Å². The minimum Gasteiger partial charge on any atom is -0.274 e. The van der Waals surface area contributed by atoms with E-state index in [0.717, 1.165) is 40.3 Å². The molecule has 4 aromatic rings. The molecule has 0 radical (unpaired) electrons. The Kier molecular flexibility index (Phi) is 6.33. The minimum atomic E-state index is 0.737. The van der Waals surface area contributed by atoms with Crippen LogP contribution in [0.1, 0.15) is 29.4 Å². The van der Waals surface area contributed by atoms with Gasteiger partial charge in [0.25, 0.3) is 0 Å². The van der Waals surface area contributed by atoms with Crippen LogP contribution in [0.3, 0.4) is 0 Å². The summed E-state index contributed by atoms with van der Waals surface area (Å²) in [5.41, 5.74) is 4.80. The number of thioether (sulfide) groups is 1. The largest absolute Gasteiger partial charge is 0.274 e. The molecule has 29 heavy (non-hydrogen) atoms. The van der Waals surface area contributed by atoms with E-state index in [0.29, 0.717) is 0 Å². The second-order valence-corrected chi connectivity index (χ2v) is 8.21. The zero-order valence-corrected chi connectivity index (χ0v) is 17.8. The third-order valence-electron chi connectivity index (χ3n) is 4.77. The first-order chi connectivity index (χ1) is 14.2. The van der Waals surface area contributed by atoms with Crippen molar-refractivity contribution in [3.63, 3.8) is 0 Å². The molecule has 0 fully saturated rings. The molecular formula is C24H22ClN3S. The Balaban J connectivity index is 1.66. The highest BCUT2D eigenvalue weighted by Crippen LogP contribution is 2.27. The molecule has 4 rings (SSSR count). The Morgan fingerprint density at radius 2 is 1.59 bits per heavy atom. The highest BCUT2D eigenvalue weighted by atomic mass is 35.5. The first kappa shape index (κ1) is 19.7. The molecule has 0 bridgehead atoms. The second kappa shape index (κ2) is 9.29. The number of aryl methyl sites for hydroxylation is 1. The van der Waals surface area contributed by atoms with Crippen LogP contribution >= 0.6 is 23.4 Å². The van der Waals surface area contributed by atoms with E-state index >= 15 is 0 Å². The number of hydrogen-bond acceptors (Lipinski definition) is 3. The molecule has 0 amide bonds. The Bertz CT molecular complexity index is 1070. The molecule has 0 aliphatic carbocycles. The van der Waals surface area contributed by atoms with Crippen LogP contribution in [0.25, 0.3) is 5.69 Å². The van der Waals surface area contributed by atoms with Crippen LogP contribution in [0, 0.1) is 0 Å². The molecule has 146 valence electrons. The van der Waals surface area contributed by atoms with Crippen LogP contribution in [0.2, 0.25) is 5.02 Å². The molecule has 0 saturated heterocycles. The summed E-state index contributed by atoms with van der Waals surface area (Å²) in [5, 5.41) is 10.7. The molecule has 0 spiro atoms. The number of halogens is 1. The van der Waals surface area contributed by atoms with Gasteiger partial charge >= 0.3 is 0 Å². The lowest BCUT2D eigenvalue weighted by Crippen LogP contribution is -2.04. The zero-order chi connectivity index (χ0) is 20.1. The maximum absolute atomic E-state index is 6.13. The normalized spacial score (nSPS) is 11.0. The fourth-order valence-electron chi connectivity index (χ4n) is 3.20. The fourth-order valence-corrected chi connectivity index (χ4v) is 4.33. The number of nitrogens with zero attached hydrogens (tertiary/aromatic N) is 3. The molecule has 0 unspecified atom stereocenters. The number of aromatic nitrogens is 3. The van der Waals surface area contributed by atoms with Gasteiger partial charge in [-0.05, 0) is 47.4 Å². The standard InChI is InChI=1S/C24H22ClN3S/c1-2-18-11-13-22(14-12-18)28-23(16-19-7-4-3-5-8-19)26-27-24(28)29-17-20-9-6-10-21(25)15-20/h3-15H,2,16-17H2,1H3. The van der Waals surface area contributed by atoms with Crippen LogP contribution in [0.15, 0.2) is 84.0 Å². The van der Waals surface area contributed by atoms with Gasteiger partial charge in [-0.3, -0.25) is 4.57 Å². The van der Waals surface area contributed by atoms with Gasteiger partial charge in [0.15, 0.2) is 5.16 Å². The van der Waals surface area contributed by atoms with Crippen LogP contribution in [0.4, 0.5) is 0 Å². The van der Waals surface area contributed by atoms with Crippen molar-refractivity contribution >= 4 is 23.4 Å². The molecule has 0 aliphatic rings. The topological polar surface area (TPSA) is 30.7 Å². The predicted octanol–water partition coefficient (Wildman–Crippen LogP) is 6.37. The summed E-state index contributed by atoms with van der Waals surface area (Å²) in [7, 11) is 0. The van der Waals surface area contributed by atoms with E-state index in [2.05, 4.69) is 76.3 Å². The van der Waals surface area contributed by atoms with Gasteiger partial charge in [0.05, 0.1) is 0 Å². The van der Waals surface area contributed by atoms with Crippen LogP contribution in [-0.4, -0.2) is 14.8 Å². The third kappa shape index (κ3) is 4.89. The summed E-state index contributed by atoms with van der Waals surface area (Å²) in [5.74, 6) is 1.73. The van der Waals surface area contributed by atoms with Gasteiger partial charge in [-0.2, -0.15) is 0 Å². The van der Waals surface area contributed by atoms with Crippen LogP contribution in [-0.2, 0) is 18.6 Å². The Morgan fingerprint density at radius 3 is 2.31 bits per heavy atom. The lowest BCUT2D eigenvalue weighted by atomic mass is 10.1. The molecule has 3 aromatic carbocycles. The first-order valence-electron chi connectivity index (χ1n) is 9.67. The lowest BCUT2D eigenvalue weighted by molar-refractivity contribution is 0.846. The van der Waals surface area contributed by atoms with Gasteiger partial charge in [0.2, 0.25) is 0 Å². The minimum absolute atomic E-state index is 0.737. The number of benzene rings is 3. The second-order valence-electron chi connectivity index (χ2n) is 6.84. The smallest absolute Gasteiger partial charge is 0.196 e. The van der Waals surface area contributed by atoms with Crippen molar-refractivity contribution in [2.45, 2.75) is 30.7 Å². The maximum atomic E-state index is 6.13. The van der Waals surface area contributed by atoms with Gasteiger partial charge in [-0.1, -0.05) is 84.9 Å². The molecule has 0 atom stereocenters. The van der Waals surface area contributed by atoms with Crippen molar-refractivity contribution in [2.24, 2.45) is 0 Å². The van der Waals surface area contributed by atoms with Gasteiger partial charge in [-0.25, -0.2) is 0 Å². The van der Waals surface area contributed by atoms with E-state index in [9.17, 15) is 0 Å². The molecule has 3 nitrogen and oxygen atoms in total. The van der Waals surface area contributed by atoms with Gasteiger partial charge in [0, 0.05) is 22.9 Å². The van der Waals surface area contributed by atoms with Gasteiger partial charge in [-0.15, -0.1) is 10.2 Å². The molecule has 0 N–H and O–H groups in total. The van der Waals surface area contributed by atoms with Crippen molar-refractivity contribution in [3.05, 3.63) is 106 Å². The van der Waals surface area contributed by atoms with E-state index < -0.39 is 0 Å². The molecule has 0 aliphatic heterocycles. The molecule has 5 heteroatoms. The average molecular weight is 420 g/mol. The van der Waals surface area contributed by atoms with E-state index in [1.54, 1.807) is 11.8 Å². The van der Waals surface area contributed by atoms with Crippen molar-refractivity contribution in [1.29, 1.82) is 0 Å². The zero-order valence-electron chi connectivity index (χ0n) is 16.3. The summed E-state index contributed by atoms with van der Waals surface area (Å²) in [4.78, 5) is 0. The quantitative estimate of drug-likeness (QED) is 0.326. The van der Waals surface area contributed by atoms with Crippen LogP contribution < -0.4 is 0 Å². The highest BCUT2D eigenvalue weighted by Gasteiger charge is 2.15. The SMILES string of the molecule is CCc1ccc(-n2c(Cc3ccccc3)nnc2SCc2cccc(Cl)c2)cc1. The molecule has 1 heterocycles. The summed E-state index contributed by atoms with van der Waals surface area (Å²) in [6.45, 7) is 2.17. The fraction of sp³-hybridized carbons (Fsp3) is 0.167. The Hall–Kier alpha value is -2.56. The average Bonchev–Trinajstić information content (AvgIpc) is 3.15. The summed E-state index contributed by atoms with van der Waals surface area (Å²) in [6.07, 6.45) is 1.76. The predicted molar refractivity (Wildman–Crippen MR) is 121 cm³/mol. The van der Waals surface area contributed by atoms with E-state index in [1.807, 2.05) is 24.3 Å². The summed E-state index contributed by atoms with van der Waals surface area (Å²) < 4.78 is 2.17. The monoisotopic (exact) mass is 419 g/mol. The van der Waals surface area contributed by atoms with Crippen LogP contribution in [0.5, 0.6) is 0 Å². The maximum Gasteiger partial charge on any atom is 0.196 e. The Labute approximate surface area is 180 Å². The molecule has 1 aromatic heterocycles. The first-order valence-corrected chi connectivity index (χ1v) is 11.0. The summed E-state index contributed by atoms with van der Waals surface area (Å²) >= 11 is 7.81. The van der Waals surface area contributed by atoms with E-state index in [-0.39, 0.29) is 0 Å². The highest BCUT2D eigenvalue weighted by molar-refractivity contribution is 7.98. The van der Waals surface area contributed by atoms with Gasteiger partial charge in [0.1, 0.15) is 5.82 Å². The van der Waals surface area contributed by atoms with E-state index in [4.69, 9.17) is 11.6 Å². The lowest BCUT2D eigenvalue weighted by Gasteiger charge is -2.11.